The Labute approximate surface area is 139 Å². The van der Waals surface area contributed by atoms with Crippen molar-refractivity contribution in [3.05, 3.63) is 27.4 Å². The molecule has 7 nitrogen and oxygen atoms in total. The van der Waals surface area contributed by atoms with Crippen molar-refractivity contribution in [2.24, 2.45) is 11.3 Å². The maximum Gasteiger partial charge on any atom is 0.313 e. The second-order valence-corrected chi connectivity index (χ2v) is 6.69. The summed E-state index contributed by atoms with van der Waals surface area (Å²) in [6.07, 6.45) is 3.09. The van der Waals surface area contributed by atoms with Crippen LogP contribution in [0.5, 0.6) is 0 Å². The summed E-state index contributed by atoms with van der Waals surface area (Å²) in [5.74, 6) is 0.0495. The second kappa shape index (κ2) is 6.70. The third-order valence-electron chi connectivity index (χ3n) is 4.46. The lowest BCUT2D eigenvalue weighted by Crippen LogP contribution is -2.45. The van der Waals surface area contributed by atoms with Gasteiger partial charge >= 0.3 is 11.7 Å². The van der Waals surface area contributed by atoms with Gasteiger partial charge in [-0.2, -0.15) is 0 Å². The van der Waals surface area contributed by atoms with Crippen LogP contribution in [0, 0.1) is 21.4 Å². The van der Waals surface area contributed by atoms with E-state index in [9.17, 15) is 14.9 Å². The fourth-order valence-electron chi connectivity index (χ4n) is 2.99. The standard InChI is InChI=1S/C15H20ClN3O4/c1-15(2,14(20)23-3)10-5-4-6-18(9-10)13-12(19(21)22)7-11(16)8-17-13/h7-8,10H,4-6,9H2,1-3H3. The average molecular weight is 342 g/mol. The smallest absolute Gasteiger partial charge is 0.313 e. The molecule has 0 N–H and O–H groups in total. The van der Waals surface area contributed by atoms with Gasteiger partial charge in [0.2, 0.25) is 5.82 Å². The van der Waals surface area contributed by atoms with E-state index in [1.807, 2.05) is 18.7 Å². The quantitative estimate of drug-likeness (QED) is 0.475. The van der Waals surface area contributed by atoms with Gasteiger partial charge in [0.15, 0.2) is 0 Å². The van der Waals surface area contributed by atoms with Gasteiger partial charge in [-0.3, -0.25) is 14.9 Å². The molecule has 1 aromatic heterocycles. The molecule has 1 saturated heterocycles. The van der Waals surface area contributed by atoms with Crippen molar-refractivity contribution in [3.63, 3.8) is 0 Å². The van der Waals surface area contributed by atoms with Gasteiger partial charge in [-0.1, -0.05) is 11.6 Å². The zero-order valence-electron chi connectivity index (χ0n) is 13.4. The summed E-state index contributed by atoms with van der Waals surface area (Å²) in [5.41, 5.74) is -0.775. The minimum Gasteiger partial charge on any atom is -0.469 e. The molecule has 0 amide bonds. The third-order valence-corrected chi connectivity index (χ3v) is 4.67. The van der Waals surface area contributed by atoms with Crippen LogP contribution >= 0.6 is 11.6 Å². The predicted molar refractivity (Wildman–Crippen MR) is 86.6 cm³/mol. The second-order valence-electron chi connectivity index (χ2n) is 6.25. The highest BCUT2D eigenvalue weighted by Gasteiger charge is 2.41. The van der Waals surface area contributed by atoms with Crippen molar-refractivity contribution >= 4 is 29.1 Å². The molecule has 0 bridgehead atoms. The van der Waals surface area contributed by atoms with Crippen molar-refractivity contribution < 1.29 is 14.5 Å². The van der Waals surface area contributed by atoms with E-state index in [2.05, 4.69) is 4.98 Å². The van der Waals surface area contributed by atoms with Crippen molar-refractivity contribution in [2.45, 2.75) is 26.7 Å². The van der Waals surface area contributed by atoms with Gasteiger partial charge in [0, 0.05) is 25.4 Å². The van der Waals surface area contributed by atoms with E-state index in [1.165, 1.54) is 19.4 Å². The minimum absolute atomic E-state index is 0.0285. The van der Waals surface area contributed by atoms with E-state index in [-0.39, 0.29) is 22.6 Å². The van der Waals surface area contributed by atoms with Gasteiger partial charge < -0.3 is 9.64 Å². The number of ether oxygens (including phenoxy) is 1. The summed E-state index contributed by atoms with van der Waals surface area (Å²) in [5, 5.41) is 11.5. The number of carbonyl (C=O) groups excluding carboxylic acids is 1. The average Bonchev–Trinajstić information content (AvgIpc) is 2.53. The Kier molecular flexibility index (Phi) is 5.09. The van der Waals surface area contributed by atoms with Crippen molar-refractivity contribution in [1.82, 2.24) is 4.98 Å². The number of anilines is 1. The fraction of sp³-hybridized carbons (Fsp3) is 0.600. The molecule has 126 valence electrons. The van der Waals surface area contributed by atoms with Crippen LogP contribution in [0.25, 0.3) is 0 Å². The number of rotatable bonds is 4. The summed E-state index contributed by atoms with van der Waals surface area (Å²) < 4.78 is 4.89. The van der Waals surface area contributed by atoms with Crippen molar-refractivity contribution in [2.75, 3.05) is 25.1 Å². The molecule has 1 aliphatic heterocycles. The van der Waals surface area contributed by atoms with Crippen molar-refractivity contribution in [1.29, 1.82) is 0 Å². The Bertz CT molecular complexity index is 621. The van der Waals surface area contributed by atoms with E-state index >= 15 is 0 Å². The Hall–Kier alpha value is -1.89. The Morgan fingerprint density at radius 1 is 1.57 bits per heavy atom. The summed E-state index contributed by atoms with van der Waals surface area (Å²) in [6.45, 7) is 4.86. The number of methoxy groups -OCH3 is 1. The molecule has 0 aromatic carbocycles. The van der Waals surface area contributed by atoms with Gasteiger partial charge in [0.1, 0.15) is 0 Å². The first-order valence-corrected chi connectivity index (χ1v) is 7.78. The lowest BCUT2D eigenvalue weighted by molar-refractivity contribution is -0.384. The van der Waals surface area contributed by atoms with E-state index < -0.39 is 10.3 Å². The molecule has 1 fully saturated rings. The van der Waals surface area contributed by atoms with Crippen LogP contribution in [0.3, 0.4) is 0 Å². The lowest BCUT2D eigenvalue weighted by atomic mass is 9.74. The van der Waals surface area contributed by atoms with E-state index in [0.717, 1.165) is 12.8 Å². The normalized spacial score (nSPS) is 18.6. The molecule has 0 saturated carbocycles. The van der Waals surface area contributed by atoms with Crippen molar-refractivity contribution in [3.8, 4) is 0 Å². The maximum absolute atomic E-state index is 12.0. The molecule has 0 radical (unpaired) electrons. The van der Waals surface area contributed by atoms with Crippen LogP contribution in [0.15, 0.2) is 12.3 Å². The Morgan fingerprint density at radius 2 is 2.26 bits per heavy atom. The molecule has 1 atom stereocenters. The molecule has 1 unspecified atom stereocenters. The number of hydrogen-bond acceptors (Lipinski definition) is 6. The highest BCUT2D eigenvalue weighted by Crippen LogP contribution is 2.38. The zero-order valence-corrected chi connectivity index (χ0v) is 14.2. The largest absolute Gasteiger partial charge is 0.469 e. The number of nitrogens with zero attached hydrogens (tertiary/aromatic N) is 3. The number of esters is 1. The van der Waals surface area contributed by atoms with E-state index in [0.29, 0.717) is 18.9 Å². The van der Waals surface area contributed by atoms with Crippen LogP contribution in [-0.2, 0) is 9.53 Å². The number of pyridine rings is 1. The molecular formula is C15H20ClN3O4. The summed E-state index contributed by atoms with van der Waals surface area (Å²) in [6, 6.07) is 1.30. The number of aromatic nitrogens is 1. The van der Waals surface area contributed by atoms with Gasteiger partial charge in [0.25, 0.3) is 0 Å². The molecule has 1 aliphatic rings. The SMILES string of the molecule is COC(=O)C(C)(C)C1CCCN(c2ncc(Cl)cc2[N+](=O)[O-])C1. The third kappa shape index (κ3) is 3.55. The highest BCUT2D eigenvalue weighted by molar-refractivity contribution is 6.30. The molecule has 2 heterocycles. The number of hydrogen-bond donors (Lipinski definition) is 0. The number of nitro groups is 1. The first-order valence-electron chi connectivity index (χ1n) is 7.40. The summed E-state index contributed by atoms with van der Waals surface area (Å²) in [4.78, 5) is 28.8. The lowest BCUT2D eigenvalue weighted by Gasteiger charge is -2.40. The first kappa shape index (κ1) is 17.5. The topological polar surface area (TPSA) is 85.6 Å². The van der Waals surface area contributed by atoms with Crippen LogP contribution in [-0.4, -0.2) is 36.1 Å². The number of carbonyl (C=O) groups is 1. The van der Waals surface area contributed by atoms with Gasteiger partial charge in [0.05, 0.1) is 22.5 Å². The Morgan fingerprint density at radius 3 is 2.87 bits per heavy atom. The Balaban J connectivity index is 2.29. The van der Waals surface area contributed by atoms with E-state index in [1.54, 1.807) is 0 Å². The van der Waals surface area contributed by atoms with Crippen LogP contribution in [0.2, 0.25) is 5.02 Å². The van der Waals surface area contributed by atoms with E-state index in [4.69, 9.17) is 16.3 Å². The monoisotopic (exact) mass is 341 g/mol. The highest BCUT2D eigenvalue weighted by atomic mass is 35.5. The number of piperidine rings is 1. The fourth-order valence-corrected chi connectivity index (χ4v) is 3.14. The predicted octanol–water partition coefficient (Wildman–Crippen LogP) is 3.06. The van der Waals surface area contributed by atoms with Gasteiger partial charge in [-0.15, -0.1) is 0 Å². The van der Waals surface area contributed by atoms with Crippen LogP contribution < -0.4 is 4.90 Å². The molecule has 0 aliphatic carbocycles. The molecule has 8 heteroatoms. The van der Waals surface area contributed by atoms with Crippen LogP contribution in [0.4, 0.5) is 11.5 Å². The summed E-state index contributed by atoms with van der Waals surface area (Å²) >= 11 is 5.81. The molecule has 0 spiro atoms. The molecule has 2 rings (SSSR count). The molecule has 23 heavy (non-hydrogen) atoms. The molecular weight excluding hydrogens is 322 g/mol. The maximum atomic E-state index is 12.0. The summed E-state index contributed by atoms with van der Waals surface area (Å²) in [7, 11) is 1.37. The van der Waals surface area contributed by atoms with Gasteiger partial charge in [-0.05, 0) is 32.6 Å². The zero-order chi connectivity index (χ0) is 17.2. The van der Waals surface area contributed by atoms with Gasteiger partial charge in [-0.25, -0.2) is 4.98 Å². The van der Waals surface area contributed by atoms with Crippen LogP contribution in [0.1, 0.15) is 26.7 Å². The molecule has 1 aromatic rings. The number of halogens is 1. The minimum atomic E-state index is -0.658. The first-order chi connectivity index (χ1) is 10.8.